The first kappa shape index (κ1) is 15.2. The van der Waals surface area contributed by atoms with Crippen LogP contribution in [0.5, 0.6) is 0 Å². The second-order valence-electron chi connectivity index (χ2n) is 4.85. The molecule has 1 aliphatic heterocycles. The molecule has 0 aromatic heterocycles. The fraction of sp³-hybridized carbons (Fsp3) is 0.105. The van der Waals surface area contributed by atoms with Gasteiger partial charge >= 0.3 is 0 Å². The Balaban J connectivity index is 1.96. The smallest absolute Gasteiger partial charge is 0.180 e. The quantitative estimate of drug-likeness (QED) is 0.736. The summed E-state index contributed by atoms with van der Waals surface area (Å²) in [5.41, 5.74) is 3.09. The van der Waals surface area contributed by atoms with Crippen molar-refractivity contribution in [3.05, 3.63) is 88.2 Å². The SMILES string of the molecule is O=C(C=C1SCCS1)C=C(c1ccccc1)c1ccccc1. The second-order valence-corrected chi connectivity index (χ2v) is 7.38. The second kappa shape index (κ2) is 7.52. The first-order chi connectivity index (χ1) is 10.8. The number of rotatable bonds is 4. The molecule has 1 heterocycles. The number of carbonyl (C=O) groups is 1. The predicted octanol–water partition coefficient (Wildman–Crippen LogP) is 5.01. The van der Waals surface area contributed by atoms with Crippen LogP contribution in [0.15, 0.2) is 77.1 Å². The number of carbonyl (C=O) groups excluding carboxylic acids is 1. The van der Waals surface area contributed by atoms with E-state index >= 15 is 0 Å². The van der Waals surface area contributed by atoms with Crippen LogP contribution in [0.1, 0.15) is 11.1 Å². The molecule has 0 unspecified atom stereocenters. The minimum Gasteiger partial charge on any atom is -0.290 e. The lowest BCUT2D eigenvalue weighted by Gasteiger charge is -2.07. The summed E-state index contributed by atoms with van der Waals surface area (Å²) in [5, 5.41) is 0. The number of hydrogen-bond donors (Lipinski definition) is 0. The largest absolute Gasteiger partial charge is 0.290 e. The van der Waals surface area contributed by atoms with Gasteiger partial charge in [0.2, 0.25) is 0 Å². The van der Waals surface area contributed by atoms with Crippen molar-refractivity contribution < 1.29 is 4.79 Å². The Morgan fingerprint density at radius 2 is 1.32 bits per heavy atom. The van der Waals surface area contributed by atoms with Gasteiger partial charge in [-0.15, -0.1) is 23.5 Å². The number of benzene rings is 2. The van der Waals surface area contributed by atoms with Gasteiger partial charge in [-0.1, -0.05) is 60.7 Å². The third-order valence-corrected chi connectivity index (χ3v) is 5.88. The standard InChI is InChI=1S/C19H16OS2/c20-17(14-19-21-11-12-22-19)13-18(15-7-3-1-4-8-15)16-9-5-2-6-10-16/h1-10,13-14H,11-12H2. The van der Waals surface area contributed by atoms with E-state index in [1.807, 2.05) is 60.7 Å². The minimum absolute atomic E-state index is 0.0552. The van der Waals surface area contributed by atoms with Crippen LogP contribution in [0, 0.1) is 0 Å². The molecule has 0 spiro atoms. The van der Waals surface area contributed by atoms with Crippen LogP contribution in [0.25, 0.3) is 5.57 Å². The third kappa shape index (κ3) is 3.93. The average Bonchev–Trinajstić information content (AvgIpc) is 3.07. The van der Waals surface area contributed by atoms with Gasteiger partial charge in [0, 0.05) is 21.8 Å². The molecule has 22 heavy (non-hydrogen) atoms. The van der Waals surface area contributed by atoms with Crippen LogP contribution >= 0.6 is 23.5 Å². The van der Waals surface area contributed by atoms with Crippen LogP contribution in [0.3, 0.4) is 0 Å². The number of ketones is 1. The van der Waals surface area contributed by atoms with Crippen molar-refractivity contribution in [2.75, 3.05) is 11.5 Å². The highest BCUT2D eigenvalue weighted by Gasteiger charge is 2.11. The molecule has 3 rings (SSSR count). The molecule has 0 bridgehead atoms. The lowest BCUT2D eigenvalue weighted by molar-refractivity contribution is -0.110. The van der Waals surface area contributed by atoms with Gasteiger partial charge < -0.3 is 0 Å². The molecule has 1 nitrogen and oxygen atoms in total. The highest BCUT2D eigenvalue weighted by Crippen LogP contribution is 2.36. The van der Waals surface area contributed by atoms with Crippen LogP contribution in [0.4, 0.5) is 0 Å². The zero-order valence-electron chi connectivity index (χ0n) is 12.1. The zero-order chi connectivity index (χ0) is 15.2. The molecule has 0 aliphatic carbocycles. The molecule has 2 aromatic rings. The fourth-order valence-corrected chi connectivity index (χ4v) is 4.58. The van der Waals surface area contributed by atoms with E-state index in [1.54, 1.807) is 35.7 Å². The van der Waals surface area contributed by atoms with Gasteiger partial charge in [0.15, 0.2) is 5.78 Å². The molecular formula is C19H16OS2. The summed E-state index contributed by atoms with van der Waals surface area (Å²) in [6, 6.07) is 20.1. The molecule has 0 amide bonds. The van der Waals surface area contributed by atoms with Gasteiger partial charge in [0.25, 0.3) is 0 Å². The van der Waals surface area contributed by atoms with Crippen LogP contribution < -0.4 is 0 Å². The summed E-state index contributed by atoms with van der Waals surface area (Å²) >= 11 is 3.53. The highest BCUT2D eigenvalue weighted by atomic mass is 32.2. The summed E-state index contributed by atoms with van der Waals surface area (Å²) < 4.78 is 1.13. The van der Waals surface area contributed by atoms with Crippen LogP contribution in [-0.4, -0.2) is 17.3 Å². The monoisotopic (exact) mass is 324 g/mol. The average molecular weight is 324 g/mol. The summed E-state index contributed by atoms with van der Waals surface area (Å²) in [5.74, 6) is 2.25. The summed E-state index contributed by atoms with van der Waals surface area (Å²) in [4.78, 5) is 12.4. The van der Waals surface area contributed by atoms with Crippen LogP contribution in [-0.2, 0) is 4.79 Å². The summed E-state index contributed by atoms with van der Waals surface area (Å²) in [6.07, 6.45) is 3.51. The van der Waals surface area contributed by atoms with Crippen molar-refractivity contribution in [1.82, 2.24) is 0 Å². The van der Waals surface area contributed by atoms with Gasteiger partial charge in [-0.3, -0.25) is 4.79 Å². The Morgan fingerprint density at radius 1 is 0.818 bits per heavy atom. The van der Waals surface area contributed by atoms with Crippen molar-refractivity contribution in [2.24, 2.45) is 0 Å². The summed E-state index contributed by atoms with van der Waals surface area (Å²) in [7, 11) is 0. The van der Waals surface area contributed by atoms with E-state index in [4.69, 9.17) is 0 Å². The lowest BCUT2D eigenvalue weighted by Crippen LogP contribution is -1.94. The van der Waals surface area contributed by atoms with Gasteiger partial charge in [0.1, 0.15) is 0 Å². The maximum Gasteiger partial charge on any atom is 0.180 e. The Bertz CT molecular complexity index is 653. The lowest BCUT2D eigenvalue weighted by atomic mass is 9.97. The molecule has 0 N–H and O–H groups in total. The van der Waals surface area contributed by atoms with E-state index in [1.165, 1.54) is 0 Å². The van der Waals surface area contributed by atoms with Crippen molar-refractivity contribution in [1.29, 1.82) is 0 Å². The molecule has 2 aromatic carbocycles. The van der Waals surface area contributed by atoms with Crippen molar-refractivity contribution in [3.63, 3.8) is 0 Å². The molecule has 0 radical (unpaired) electrons. The molecule has 1 aliphatic rings. The van der Waals surface area contributed by atoms with E-state index in [9.17, 15) is 4.79 Å². The molecule has 110 valence electrons. The first-order valence-electron chi connectivity index (χ1n) is 7.17. The van der Waals surface area contributed by atoms with E-state index < -0.39 is 0 Å². The Kier molecular flexibility index (Phi) is 5.20. The van der Waals surface area contributed by atoms with E-state index in [-0.39, 0.29) is 5.78 Å². The molecule has 1 fully saturated rings. The highest BCUT2D eigenvalue weighted by molar-refractivity contribution is 8.25. The topological polar surface area (TPSA) is 17.1 Å². The summed E-state index contributed by atoms with van der Waals surface area (Å²) in [6.45, 7) is 0. The van der Waals surface area contributed by atoms with Gasteiger partial charge in [-0.05, 0) is 22.8 Å². The maximum atomic E-state index is 12.4. The number of hydrogen-bond acceptors (Lipinski definition) is 3. The molecule has 0 atom stereocenters. The molecule has 1 saturated heterocycles. The fourth-order valence-electron chi connectivity index (χ4n) is 2.28. The molecule has 0 saturated carbocycles. The Hall–Kier alpha value is -1.71. The molecule has 3 heteroatoms. The van der Waals surface area contributed by atoms with E-state index in [0.717, 1.165) is 32.4 Å². The normalized spacial score (nSPS) is 13.7. The molecular weight excluding hydrogens is 308 g/mol. The van der Waals surface area contributed by atoms with Gasteiger partial charge in [-0.2, -0.15) is 0 Å². The van der Waals surface area contributed by atoms with E-state index in [2.05, 4.69) is 0 Å². The van der Waals surface area contributed by atoms with Crippen molar-refractivity contribution in [3.8, 4) is 0 Å². The Morgan fingerprint density at radius 3 is 1.82 bits per heavy atom. The number of thioether (sulfide) groups is 2. The zero-order valence-corrected chi connectivity index (χ0v) is 13.7. The Labute approximate surface area is 139 Å². The first-order valence-corrected chi connectivity index (χ1v) is 9.14. The van der Waals surface area contributed by atoms with Crippen LogP contribution in [0.2, 0.25) is 0 Å². The minimum atomic E-state index is 0.0552. The van der Waals surface area contributed by atoms with Crippen molar-refractivity contribution >= 4 is 34.9 Å². The van der Waals surface area contributed by atoms with E-state index in [0.29, 0.717) is 0 Å². The van der Waals surface area contributed by atoms with Crippen molar-refractivity contribution in [2.45, 2.75) is 0 Å². The van der Waals surface area contributed by atoms with Gasteiger partial charge in [0.05, 0.1) is 0 Å². The van der Waals surface area contributed by atoms with Gasteiger partial charge in [-0.25, -0.2) is 0 Å². The number of allylic oxidation sites excluding steroid dienone is 2. The third-order valence-electron chi connectivity index (χ3n) is 3.29. The predicted molar refractivity (Wildman–Crippen MR) is 98.0 cm³/mol. The maximum absolute atomic E-state index is 12.4.